The molecule has 0 saturated heterocycles. The number of hydrogen-bond donors (Lipinski definition) is 3. The second-order valence-electron chi connectivity index (χ2n) is 5.05. The summed E-state index contributed by atoms with van der Waals surface area (Å²) in [7, 11) is 1.38. The zero-order chi connectivity index (χ0) is 19.6. The summed E-state index contributed by atoms with van der Waals surface area (Å²) in [5.74, 6) is 0.787. The van der Waals surface area contributed by atoms with E-state index in [1.165, 1.54) is 24.6 Å². The molecule has 12 heteroatoms. The molecular formula is C15H19N6O4S2+. The van der Waals surface area contributed by atoms with E-state index >= 15 is 0 Å². The Morgan fingerprint density at radius 2 is 2.30 bits per heavy atom. The summed E-state index contributed by atoms with van der Waals surface area (Å²) in [6.07, 6.45) is 3.05. The summed E-state index contributed by atoms with van der Waals surface area (Å²) >= 11 is 1.70. The van der Waals surface area contributed by atoms with Gasteiger partial charge in [0.2, 0.25) is 21.8 Å². The Kier molecular flexibility index (Phi) is 7.82. The summed E-state index contributed by atoms with van der Waals surface area (Å²) in [6.45, 7) is 2.41. The first-order valence-electron chi connectivity index (χ1n) is 7.78. The Labute approximate surface area is 163 Å². The highest BCUT2D eigenvalue weighted by Crippen LogP contribution is 2.25. The van der Waals surface area contributed by atoms with Crippen molar-refractivity contribution in [2.24, 2.45) is 10.7 Å². The first kappa shape index (κ1) is 20.5. The molecule has 0 amide bonds. The molecule has 0 aromatic carbocycles. The molecule has 2 aromatic heterocycles. The fourth-order valence-corrected chi connectivity index (χ4v) is 2.85. The van der Waals surface area contributed by atoms with Crippen molar-refractivity contribution in [3.63, 3.8) is 0 Å². The number of aliphatic imine (C=N–C) groups is 1. The maximum absolute atomic E-state index is 12.0. The topological polar surface area (TPSA) is 145 Å². The van der Waals surface area contributed by atoms with Gasteiger partial charge in [0.25, 0.3) is 0 Å². The molecule has 0 saturated carbocycles. The summed E-state index contributed by atoms with van der Waals surface area (Å²) in [4.78, 5) is 16.3. The van der Waals surface area contributed by atoms with Crippen LogP contribution in [-0.2, 0) is 22.4 Å². The van der Waals surface area contributed by atoms with Gasteiger partial charge in [-0.1, -0.05) is 11.3 Å². The van der Waals surface area contributed by atoms with Crippen LogP contribution in [0.4, 0.5) is 16.0 Å². The molecule has 0 unspecified atom stereocenters. The van der Waals surface area contributed by atoms with Crippen LogP contribution in [0.1, 0.15) is 12.7 Å². The molecule has 0 fully saturated rings. The number of anilines is 2. The minimum Gasteiger partial charge on any atom is -0.488 e. The largest absolute Gasteiger partial charge is 0.488 e. The number of ether oxygens (including phenoxy) is 1. The van der Waals surface area contributed by atoms with Crippen LogP contribution >= 0.6 is 11.3 Å². The van der Waals surface area contributed by atoms with Gasteiger partial charge >= 0.3 is 17.3 Å². The van der Waals surface area contributed by atoms with E-state index in [4.69, 9.17) is 14.9 Å². The van der Waals surface area contributed by atoms with Gasteiger partial charge < -0.3 is 25.5 Å². The van der Waals surface area contributed by atoms with Crippen molar-refractivity contribution in [2.75, 3.05) is 30.0 Å². The van der Waals surface area contributed by atoms with Gasteiger partial charge in [0.1, 0.15) is 5.76 Å². The van der Waals surface area contributed by atoms with E-state index in [1.807, 2.05) is 0 Å². The summed E-state index contributed by atoms with van der Waals surface area (Å²) in [6, 6.07) is 1.64. The van der Waals surface area contributed by atoms with E-state index in [-0.39, 0.29) is 12.3 Å². The Morgan fingerprint density at radius 3 is 3.00 bits per heavy atom. The molecule has 0 bridgehead atoms. The van der Waals surface area contributed by atoms with Crippen molar-refractivity contribution in [1.29, 1.82) is 0 Å². The fraction of sp³-hybridized carbons (Fsp3) is 0.333. The van der Waals surface area contributed by atoms with Gasteiger partial charge in [-0.2, -0.15) is 0 Å². The third kappa shape index (κ3) is 6.11. The molecule has 2 aromatic rings. The van der Waals surface area contributed by atoms with Crippen molar-refractivity contribution in [3.05, 3.63) is 34.5 Å². The Bertz CT molecular complexity index is 893. The minimum atomic E-state index is -0.610. The van der Waals surface area contributed by atoms with Gasteiger partial charge in [0.15, 0.2) is 0 Å². The third-order valence-electron chi connectivity index (χ3n) is 3.10. The third-order valence-corrected chi connectivity index (χ3v) is 4.25. The van der Waals surface area contributed by atoms with Crippen LogP contribution < -0.4 is 26.7 Å². The molecule has 0 radical (unpaired) electrons. The summed E-state index contributed by atoms with van der Waals surface area (Å²) in [5, 5.41) is 14.9. The predicted octanol–water partition coefficient (Wildman–Crippen LogP) is 1.52. The van der Waals surface area contributed by atoms with Crippen molar-refractivity contribution in [1.82, 2.24) is 10.2 Å². The van der Waals surface area contributed by atoms with E-state index < -0.39 is 5.63 Å². The number of aromatic nitrogens is 2. The normalized spacial score (nSPS) is 11.6. The van der Waals surface area contributed by atoms with Gasteiger partial charge in [-0.25, -0.2) is 9.79 Å². The molecule has 0 aliphatic carbocycles. The van der Waals surface area contributed by atoms with Gasteiger partial charge in [-0.05, 0) is 19.2 Å². The number of hydrogen-bond acceptors (Lipinski definition) is 11. The Balaban J connectivity index is 2.09. The molecule has 2 heterocycles. The predicted molar refractivity (Wildman–Crippen MR) is 106 cm³/mol. The lowest BCUT2D eigenvalue weighted by Crippen LogP contribution is -2.14. The maximum atomic E-state index is 12.0. The highest BCUT2D eigenvalue weighted by atomic mass is 32.1. The highest BCUT2D eigenvalue weighted by molar-refractivity contribution is 7.65. The molecule has 0 aliphatic rings. The molecule has 10 nitrogen and oxygen atoms in total. The molecule has 144 valence electrons. The average Bonchev–Trinajstić information content (AvgIpc) is 3.07. The number of nitrogens with two attached hydrogens (primary N) is 1. The van der Waals surface area contributed by atoms with E-state index in [1.54, 1.807) is 19.1 Å². The van der Waals surface area contributed by atoms with Gasteiger partial charge in [-0.15, -0.1) is 10.2 Å². The van der Waals surface area contributed by atoms with Gasteiger partial charge in [0.05, 0.1) is 25.9 Å². The van der Waals surface area contributed by atoms with Crippen molar-refractivity contribution in [2.45, 2.75) is 13.5 Å². The second-order valence-corrected chi connectivity index (χ2v) is 6.65. The van der Waals surface area contributed by atoms with Crippen molar-refractivity contribution < 1.29 is 13.4 Å². The van der Waals surface area contributed by atoms with Crippen LogP contribution in [0.15, 0.2) is 32.5 Å². The highest BCUT2D eigenvalue weighted by Gasteiger charge is 2.14. The zero-order valence-corrected chi connectivity index (χ0v) is 16.4. The molecule has 2 rings (SSSR count). The lowest BCUT2D eigenvalue weighted by atomic mass is 10.3. The second kappa shape index (κ2) is 10.3. The van der Waals surface area contributed by atoms with Gasteiger partial charge in [0, 0.05) is 16.0 Å². The monoisotopic (exact) mass is 411 g/mol. The van der Waals surface area contributed by atoms with Crippen LogP contribution in [0.25, 0.3) is 0 Å². The first-order valence-corrected chi connectivity index (χ1v) is 9.50. The molecule has 0 atom stereocenters. The molecule has 0 spiro atoms. The van der Waals surface area contributed by atoms with Crippen LogP contribution in [0, 0.1) is 0 Å². The number of methoxy groups -OCH3 is 1. The number of nitrogens with one attached hydrogen (secondary N) is 2. The lowest BCUT2D eigenvalue weighted by Gasteiger charge is -2.09. The Morgan fingerprint density at radius 1 is 1.48 bits per heavy atom. The van der Waals surface area contributed by atoms with Crippen molar-refractivity contribution >= 4 is 44.7 Å². The number of nitrogens with zero attached hydrogens (tertiary/aromatic N) is 3. The molecular weight excluding hydrogens is 392 g/mol. The summed E-state index contributed by atoms with van der Waals surface area (Å²) < 4.78 is 20.8. The fourth-order valence-electron chi connectivity index (χ4n) is 1.99. The zero-order valence-electron chi connectivity index (χ0n) is 14.7. The summed E-state index contributed by atoms with van der Waals surface area (Å²) in [5.41, 5.74) is 5.87. The van der Waals surface area contributed by atoms with Crippen LogP contribution in [0.3, 0.4) is 0 Å². The number of rotatable bonds is 10. The van der Waals surface area contributed by atoms with Crippen LogP contribution in [0.5, 0.6) is 5.75 Å². The minimum absolute atomic E-state index is 0.0608. The molecule has 27 heavy (non-hydrogen) atoms. The lowest BCUT2D eigenvalue weighted by molar-refractivity contribution is 0.368. The molecule has 4 N–H and O–H groups in total. The van der Waals surface area contributed by atoms with E-state index in [0.29, 0.717) is 51.4 Å². The Hall–Kier alpha value is -2.86. The average molecular weight is 411 g/mol. The standard InChI is InChI=1S/C15H18N6O4S2/c1-9(3-4-16)19-15-21-20-14(27-15)18-8-10-7-11(17-5-6-26-23)12(24-2)13(22)25-10/h3-4,7H,5-6,8H2,1-2H3,(H3-,16,17,18,19,20,21,22)/p+1. The first-order chi connectivity index (χ1) is 13.1. The van der Waals surface area contributed by atoms with E-state index in [2.05, 4.69) is 25.8 Å². The SMILES string of the molecule is COc1c(NCC[S+]=O)cc(CNc2nnc(N=C(C)C=CN)s2)oc1=O. The van der Waals surface area contributed by atoms with Crippen molar-refractivity contribution in [3.8, 4) is 5.75 Å². The van der Waals surface area contributed by atoms with Gasteiger partial charge in [-0.3, -0.25) is 0 Å². The van der Waals surface area contributed by atoms with Crippen LogP contribution in [-0.4, -0.2) is 35.3 Å². The van der Waals surface area contributed by atoms with E-state index in [9.17, 15) is 9.00 Å². The quantitative estimate of drug-likeness (QED) is 0.301. The maximum Gasteiger partial charge on any atom is 0.460 e. The molecule has 0 aliphatic heterocycles. The van der Waals surface area contributed by atoms with Crippen LogP contribution in [0.2, 0.25) is 0 Å². The van der Waals surface area contributed by atoms with E-state index in [0.717, 1.165) is 0 Å². The number of allylic oxidation sites excluding steroid dienone is 1. The smallest absolute Gasteiger partial charge is 0.460 e.